The Labute approximate surface area is 68.0 Å². The molecule has 0 aromatic heterocycles. The van der Waals surface area contributed by atoms with E-state index in [2.05, 4.69) is 15.9 Å². The molecular formula is C7H9BrFN. The van der Waals surface area contributed by atoms with E-state index >= 15 is 0 Å². The number of rotatable bonds is 0. The minimum absolute atomic E-state index is 0. The summed E-state index contributed by atoms with van der Waals surface area (Å²) < 4.78 is 13.1. The minimum atomic E-state index is -0.201. The maximum atomic E-state index is 12.3. The third-order valence-electron chi connectivity index (χ3n) is 1.13. The average Bonchev–Trinajstić information content (AvgIpc) is 1.80. The molecule has 0 spiro atoms. The van der Waals surface area contributed by atoms with Gasteiger partial charge in [0.2, 0.25) is 0 Å². The first-order valence-electron chi connectivity index (χ1n) is 2.62. The number of benzene rings is 1. The van der Waals surface area contributed by atoms with Gasteiger partial charge in [-0.25, -0.2) is 4.39 Å². The second-order valence-electron chi connectivity index (χ2n) is 1.89. The smallest absolute Gasteiger partial charge is 0.124 e. The quantitative estimate of drug-likeness (QED) is 0.695. The molecule has 0 amide bonds. The Kier molecular flexibility index (Phi) is 3.53. The predicted octanol–water partition coefficient (Wildman–Crippen LogP) is 3.06. The van der Waals surface area contributed by atoms with Crippen molar-refractivity contribution >= 4 is 15.9 Å². The Morgan fingerprint density at radius 3 is 2.40 bits per heavy atom. The highest BCUT2D eigenvalue weighted by molar-refractivity contribution is 9.10. The van der Waals surface area contributed by atoms with E-state index in [1.54, 1.807) is 6.07 Å². The molecule has 0 saturated carbocycles. The molecule has 1 rings (SSSR count). The van der Waals surface area contributed by atoms with Gasteiger partial charge < -0.3 is 6.15 Å². The van der Waals surface area contributed by atoms with Crippen LogP contribution in [-0.2, 0) is 0 Å². The first-order valence-corrected chi connectivity index (χ1v) is 3.41. The summed E-state index contributed by atoms with van der Waals surface area (Å²) in [6, 6.07) is 4.63. The third-order valence-corrected chi connectivity index (χ3v) is 1.99. The SMILES string of the molecule is Cc1ccc(F)cc1Br.N. The van der Waals surface area contributed by atoms with Crippen LogP contribution >= 0.6 is 15.9 Å². The van der Waals surface area contributed by atoms with E-state index < -0.39 is 0 Å². The lowest BCUT2D eigenvalue weighted by Gasteiger charge is -1.94. The molecule has 0 radical (unpaired) electrons. The zero-order chi connectivity index (χ0) is 6.85. The van der Waals surface area contributed by atoms with Gasteiger partial charge in [-0.05, 0) is 24.6 Å². The van der Waals surface area contributed by atoms with Gasteiger partial charge in [-0.1, -0.05) is 22.0 Å². The molecule has 3 N–H and O–H groups in total. The fraction of sp³-hybridized carbons (Fsp3) is 0.143. The van der Waals surface area contributed by atoms with E-state index in [0.29, 0.717) is 0 Å². The maximum absolute atomic E-state index is 12.3. The molecule has 0 fully saturated rings. The molecule has 0 saturated heterocycles. The lowest BCUT2D eigenvalue weighted by molar-refractivity contribution is 0.626. The standard InChI is InChI=1S/C7H6BrF.H3N/c1-5-2-3-6(9)4-7(5)8;/h2-4H,1H3;1H3. The van der Waals surface area contributed by atoms with Gasteiger partial charge in [-0.3, -0.25) is 0 Å². The van der Waals surface area contributed by atoms with E-state index in [0.717, 1.165) is 10.0 Å². The summed E-state index contributed by atoms with van der Waals surface area (Å²) in [4.78, 5) is 0. The van der Waals surface area contributed by atoms with Crippen molar-refractivity contribution in [3.8, 4) is 0 Å². The molecule has 56 valence electrons. The molecule has 3 heteroatoms. The Bertz CT molecular complexity index is 225. The summed E-state index contributed by atoms with van der Waals surface area (Å²) >= 11 is 3.21. The molecule has 0 aliphatic rings. The predicted molar refractivity (Wildman–Crippen MR) is 43.9 cm³/mol. The fourth-order valence-corrected chi connectivity index (χ4v) is 0.918. The first-order chi connectivity index (χ1) is 4.20. The topological polar surface area (TPSA) is 35.0 Å². The Hall–Kier alpha value is -0.410. The van der Waals surface area contributed by atoms with E-state index in [4.69, 9.17) is 0 Å². The van der Waals surface area contributed by atoms with E-state index in [9.17, 15) is 4.39 Å². The van der Waals surface area contributed by atoms with Crippen molar-refractivity contribution < 1.29 is 4.39 Å². The van der Waals surface area contributed by atoms with Gasteiger partial charge in [-0.15, -0.1) is 0 Å². The molecule has 0 atom stereocenters. The van der Waals surface area contributed by atoms with Crippen LogP contribution in [0.5, 0.6) is 0 Å². The van der Waals surface area contributed by atoms with Crippen molar-refractivity contribution in [2.24, 2.45) is 0 Å². The highest BCUT2D eigenvalue weighted by Crippen LogP contribution is 2.15. The molecule has 0 unspecified atom stereocenters. The molecule has 0 aliphatic carbocycles. The summed E-state index contributed by atoms with van der Waals surface area (Å²) in [5.41, 5.74) is 1.05. The number of hydrogen-bond acceptors (Lipinski definition) is 1. The second kappa shape index (κ2) is 3.68. The van der Waals surface area contributed by atoms with Crippen LogP contribution in [0.25, 0.3) is 0 Å². The van der Waals surface area contributed by atoms with Crippen molar-refractivity contribution in [2.45, 2.75) is 6.92 Å². The van der Waals surface area contributed by atoms with Crippen molar-refractivity contribution in [3.05, 3.63) is 34.1 Å². The normalized spacial score (nSPS) is 8.70. The van der Waals surface area contributed by atoms with E-state index in [1.807, 2.05) is 6.92 Å². The van der Waals surface area contributed by atoms with Crippen LogP contribution in [0.1, 0.15) is 5.56 Å². The van der Waals surface area contributed by atoms with Crippen molar-refractivity contribution in [1.29, 1.82) is 0 Å². The molecule has 1 nitrogen and oxygen atoms in total. The number of hydrogen-bond donors (Lipinski definition) is 1. The van der Waals surface area contributed by atoms with Crippen LogP contribution < -0.4 is 6.15 Å². The zero-order valence-corrected chi connectivity index (χ0v) is 7.28. The highest BCUT2D eigenvalue weighted by Gasteiger charge is 1.93. The second-order valence-corrected chi connectivity index (χ2v) is 2.75. The lowest BCUT2D eigenvalue weighted by atomic mass is 10.2. The van der Waals surface area contributed by atoms with Crippen LogP contribution in [-0.4, -0.2) is 0 Å². The van der Waals surface area contributed by atoms with Crippen LogP contribution in [0.3, 0.4) is 0 Å². The zero-order valence-electron chi connectivity index (χ0n) is 5.70. The highest BCUT2D eigenvalue weighted by atomic mass is 79.9. The van der Waals surface area contributed by atoms with E-state index in [-0.39, 0.29) is 12.0 Å². The van der Waals surface area contributed by atoms with Crippen LogP contribution in [0.15, 0.2) is 22.7 Å². The van der Waals surface area contributed by atoms with Gasteiger partial charge >= 0.3 is 0 Å². The first kappa shape index (κ1) is 9.59. The molecule has 10 heavy (non-hydrogen) atoms. The summed E-state index contributed by atoms with van der Waals surface area (Å²) in [5.74, 6) is -0.201. The molecule has 1 aromatic carbocycles. The average molecular weight is 206 g/mol. The van der Waals surface area contributed by atoms with Gasteiger partial charge in [-0.2, -0.15) is 0 Å². The van der Waals surface area contributed by atoms with E-state index in [1.165, 1.54) is 12.1 Å². The van der Waals surface area contributed by atoms with Crippen molar-refractivity contribution in [1.82, 2.24) is 6.15 Å². The Morgan fingerprint density at radius 1 is 1.40 bits per heavy atom. The minimum Gasteiger partial charge on any atom is -0.344 e. The monoisotopic (exact) mass is 205 g/mol. The summed E-state index contributed by atoms with van der Waals surface area (Å²) in [6.45, 7) is 1.92. The van der Waals surface area contributed by atoms with Gasteiger partial charge in [0.1, 0.15) is 5.82 Å². The Balaban J connectivity index is 0.000000810. The summed E-state index contributed by atoms with van der Waals surface area (Å²) in [6.07, 6.45) is 0. The Morgan fingerprint density at radius 2 is 2.00 bits per heavy atom. The fourth-order valence-electron chi connectivity index (χ4n) is 0.567. The molecule has 1 aromatic rings. The molecule has 0 heterocycles. The largest absolute Gasteiger partial charge is 0.344 e. The van der Waals surface area contributed by atoms with Gasteiger partial charge in [0.25, 0.3) is 0 Å². The third kappa shape index (κ3) is 2.08. The summed E-state index contributed by atoms with van der Waals surface area (Å²) in [7, 11) is 0. The summed E-state index contributed by atoms with van der Waals surface area (Å²) in [5, 5.41) is 0. The molecule has 0 aliphatic heterocycles. The van der Waals surface area contributed by atoms with Crippen molar-refractivity contribution in [3.63, 3.8) is 0 Å². The maximum Gasteiger partial charge on any atom is 0.124 e. The lowest BCUT2D eigenvalue weighted by Crippen LogP contribution is -1.76. The van der Waals surface area contributed by atoms with Gasteiger partial charge in [0, 0.05) is 4.47 Å². The van der Waals surface area contributed by atoms with Crippen molar-refractivity contribution in [2.75, 3.05) is 0 Å². The van der Waals surface area contributed by atoms with Gasteiger partial charge in [0.15, 0.2) is 0 Å². The number of aryl methyl sites for hydroxylation is 1. The number of halogens is 2. The van der Waals surface area contributed by atoms with Crippen LogP contribution in [0.2, 0.25) is 0 Å². The molecular weight excluding hydrogens is 197 g/mol. The van der Waals surface area contributed by atoms with Gasteiger partial charge in [0.05, 0.1) is 0 Å². The molecule has 0 bridgehead atoms. The van der Waals surface area contributed by atoms with Crippen LogP contribution in [0, 0.1) is 12.7 Å². The van der Waals surface area contributed by atoms with Crippen LogP contribution in [0.4, 0.5) is 4.39 Å².